The van der Waals surface area contributed by atoms with Gasteiger partial charge in [0, 0.05) is 35.3 Å². The molecule has 9 atom stereocenters. The molecule has 2 saturated carbocycles. The molecule has 4 aliphatic carbocycles. The van der Waals surface area contributed by atoms with Crippen LogP contribution in [0.1, 0.15) is 60.8 Å². The Morgan fingerprint density at radius 1 is 1.14 bits per heavy atom. The highest BCUT2D eigenvalue weighted by Crippen LogP contribution is 2.72. The molecule has 1 aliphatic heterocycles. The summed E-state index contributed by atoms with van der Waals surface area (Å²) in [5.41, 5.74) is -0.739. The van der Waals surface area contributed by atoms with Gasteiger partial charge in [-0.1, -0.05) is 52.3 Å². The Morgan fingerprint density at radius 3 is 2.43 bits per heavy atom. The molecule has 0 aromatic heterocycles. The third-order valence-corrected chi connectivity index (χ3v) is 10.4. The third-order valence-electron chi connectivity index (χ3n) is 10.4. The number of carbonyl (C=O) groups is 3. The van der Waals surface area contributed by atoms with Gasteiger partial charge < -0.3 is 19.7 Å². The van der Waals surface area contributed by atoms with E-state index in [1.807, 2.05) is 19.9 Å². The highest BCUT2D eigenvalue weighted by Gasteiger charge is 2.71. The molecule has 1 heterocycles. The first-order valence-electron chi connectivity index (χ1n) is 12.6. The fourth-order valence-electron chi connectivity index (χ4n) is 9.03. The van der Waals surface area contributed by atoms with Crippen LogP contribution in [0, 0.1) is 39.4 Å². The highest BCUT2D eigenvalue weighted by atomic mass is 16.6. The van der Waals surface area contributed by atoms with Crippen molar-refractivity contribution < 1.29 is 34.1 Å². The van der Waals surface area contributed by atoms with Crippen molar-refractivity contribution in [2.75, 3.05) is 0 Å². The number of aliphatic hydroxyl groups excluding tert-OH is 2. The number of carbonyl (C=O) groups excluding carboxylic acids is 3. The lowest BCUT2D eigenvalue weighted by Crippen LogP contribution is -2.70. The predicted molar refractivity (Wildman–Crippen MR) is 126 cm³/mol. The van der Waals surface area contributed by atoms with Crippen LogP contribution in [0.3, 0.4) is 0 Å². The SMILES string of the molecule is CC(=O)OC1C(O)C2C(C)(C)C(=O)C=CC2(C)C2CCC3(C)C(=CCC3C3=CC(=O)OC3O)C12C. The minimum absolute atomic E-state index is 0.00909. The number of cyclic esters (lactones) is 1. The quantitative estimate of drug-likeness (QED) is 0.457. The van der Waals surface area contributed by atoms with Gasteiger partial charge in [-0.15, -0.1) is 0 Å². The van der Waals surface area contributed by atoms with Crippen LogP contribution in [0.2, 0.25) is 0 Å². The van der Waals surface area contributed by atoms with Gasteiger partial charge in [-0.2, -0.15) is 0 Å². The van der Waals surface area contributed by atoms with Crippen molar-refractivity contribution in [2.45, 2.75) is 79.3 Å². The van der Waals surface area contributed by atoms with Gasteiger partial charge in [0.05, 0.1) is 6.10 Å². The number of hydrogen-bond donors (Lipinski definition) is 2. The Morgan fingerprint density at radius 2 is 1.83 bits per heavy atom. The van der Waals surface area contributed by atoms with Gasteiger partial charge in [0.25, 0.3) is 0 Å². The largest absolute Gasteiger partial charge is 0.459 e. The molecule has 7 nitrogen and oxygen atoms in total. The Bertz CT molecular complexity index is 1100. The smallest absolute Gasteiger partial charge is 0.333 e. The van der Waals surface area contributed by atoms with Crippen LogP contribution in [-0.2, 0) is 23.9 Å². The van der Waals surface area contributed by atoms with E-state index in [1.54, 1.807) is 6.08 Å². The number of allylic oxidation sites excluding steroid dienone is 3. The normalized spacial score (nSPS) is 47.8. The molecule has 35 heavy (non-hydrogen) atoms. The fraction of sp³-hybridized carbons (Fsp3) is 0.679. The van der Waals surface area contributed by atoms with Crippen molar-refractivity contribution in [3.63, 3.8) is 0 Å². The molecule has 9 unspecified atom stereocenters. The van der Waals surface area contributed by atoms with Crippen LogP contribution in [-0.4, -0.2) is 46.4 Å². The molecular weight excluding hydrogens is 448 g/mol. The summed E-state index contributed by atoms with van der Waals surface area (Å²) in [6.45, 7) is 11.5. The summed E-state index contributed by atoms with van der Waals surface area (Å²) in [6, 6.07) is 0. The zero-order valence-electron chi connectivity index (χ0n) is 21.3. The van der Waals surface area contributed by atoms with Crippen molar-refractivity contribution in [3.05, 3.63) is 35.5 Å². The Labute approximate surface area is 206 Å². The number of rotatable bonds is 2. The first-order valence-corrected chi connectivity index (χ1v) is 12.6. The number of aliphatic hydroxyl groups is 2. The van der Waals surface area contributed by atoms with Gasteiger partial charge in [-0.3, -0.25) is 9.59 Å². The first kappa shape index (κ1) is 24.4. The van der Waals surface area contributed by atoms with Crippen LogP contribution in [0.25, 0.3) is 0 Å². The second kappa shape index (κ2) is 7.39. The lowest BCUT2D eigenvalue weighted by atomic mass is 9.37. The summed E-state index contributed by atoms with van der Waals surface area (Å²) < 4.78 is 10.9. The van der Waals surface area contributed by atoms with E-state index in [0.717, 1.165) is 18.4 Å². The maximum atomic E-state index is 12.9. The molecule has 2 fully saturated rings. The number of fused-ring (bicyclic) bond motifs is 5. The summed E-state index contributed by atoms with van der Waals surface area (Å²) in [4.78, 5) is 37.1. The molecule has 0 bridgehead atoms. The van der Waals surface area contributed by atoms with Gasteiger partial charge in [-0.25, -0.2) is 4.79 Å². The Balaban J connectivity index is 1.66. The van der Waals surface area contributed by atoms with Crippen molar-refractivity contribution in [3.8, 4) is 0 Å². The number of ketones is 1. The van der Waals surface area contributed by atoms with Gasteiger partial charge >= 0.3 is 11.9 Å². The van der Waals surface area contributed by atoms with Gasteiger partial charge in [0.1, 0.15) is 6.10 Å². The maximum absolute atomic E-state index is 12.9. The van der Waals surface area contributed by atoms with Crippen LogP contribution in [0.4, 0.5) is 0 Å². The molecular formula is C28H36O7. The van der Waals surface area contributed by atoms with E-state index in [-0.39, 0.29) is 17.6 Å². The first-order chi connectivity index (χ1) is 16.2. The predicted octanol–water partition coefficient (Wildman–Crippen LogP) is 3.25. The molecule has 0 saturated heterocycles. The minimum atomic E-state index is -1.25. The van der Waals surface area contributed by atoms with E-state index in [4.69, 9.17) is 9.47 Å². The molecule has 0 spiro atoms. The van der Waals surface area contributed by atoms with E-state index in [0.29, 0.717) is 12.0 Å². The summed E-state index contributed by atoms with van der Waals surface area (Å²) in [6.07, 6.45) is 6.29. The van der Waals surface area contributed by atoms with E-state index < -0.39 is 58.0 Å². The van der Waals surface area contributed by atoms with Crippen molar-refractivity contribution in [1.82, 2.24) is 0 Å². The second-order valence-electron chi connectivity index (χ2n) is 12.4. The Hall–Kier alpha value is -2.25. The Kier molecular flexibility index (Phi) is 5.16. The summed E-state index contributed by atoms with van der Waals surface area (Å²) >= 11 is 0. The molecule has 7 heteroatoms. The van der Waals surface area contributed by atoms with Crippen molar-refractivity contribution >= 4 is 17.7 Å². The average Bonchev–Trinajstić information content (AvgIpc) is 3.26. The van der Waals surface area contributed by atoms with Crippen LogP contribution >= 0.6 is 0 Å². The van der Waals surface area contributed by atoms with Crippen LogP contribution < -0.4 is 0 Å². The lowest BCUT2D eigenvalue weighted by Gasteiger charge is -2.67. The monoisotopic (exact) mass is 484 g/mol. The van der Waals surface area contributed by atoms with Crippen molar-refractivity contribution in [1.29, 1.82) is 0 Å². The zero-order chi connectivity index (χ0) is 25.7. The van der Waals surface area contributed by atoms with E-state index in [9.17, 15) is 24.6 Å². The van der Waals surface area contributed by atoms with Gasteiger partial charge in [0.2, 0.25) is 6.29 Å². The zero-order valence-corrected chi connectivity index (χ0v) is 21.3. The lowest BCUT2D eigenvalue weighted by molar-refractivity contribution is -0.229. The second-order valence-corrected chi connectivity index (χ2v) is 12.4. The van der Waals surface area contributed by atoms with Crippen molar-refractivity contribution in [2.24, 2.45) is 39.4 Å². The van der Waals surface area contributed by atoms with Crippen LogP contribution in [0.15, 0.2) is 35.5 Å². The molecule has 0 radical (unpaired) electrons. The molecule has 190 valence electrons. The van der Waals surface area contributed by atoms with E-state index in [1.165, 1.54) is 13.0 Å². The summed E-state index contributed by atoms with van der Waals surface area (Å²) in [5.74, 6) is -1.57. The minimum Gasteiger partial charge on any atom is -0.459 e. The number of esters is 2. The molecule has 5 aliphatic rings. The molecule has 0 aromatic carbocycles. The van der Waals surface area contributed by atoms with E-state index in [2.05, 4.69) is 26.8 Å². The number of hydrogen-bond acceptors (Lipinski definition) is 7. The molecule has 5 rings (SSSR count). The molecule has 0 amide bonds. The van der Waals surface area contributed by atoms with Gasteiger partial charge in [-0.05, 0) is 48.0 Å². The molecule has 0 aromatic rings. The highest BCUT2D eigenvalue weighted by molar-refractivity contribution is 5.96. The maximum Gasteiger partial charge on any atom is 0.333 e. The fourth-order valence-corrected chi connectivity index (χ4v) is 9.03. The van der Waals surface area contributed by atoms with E-state index >= 15 is 0 Å². The number of ether oxygens (including phenoxy) is 2. The summed E-state index contributed by atoms with van der Waals surface area (Å²) in [7, 11) is 0. The summed E-state index contributed by atoms with van der Waals surface area (Å²) in [5, 5.41) is 22.3. The van der Waals surface area contributed by atoms with Gasteiger partial charge in [0.15, 0.2) is 5.78 Å². The van der Waals surface area contributed by atoms with Crippen LogP contribution in [0.5, 0.6) is 0 Å². The average molecular weight is 485 g/mol. The standard InChI is InChI=1S/C28H36O7/c1-14(29)34-23-21(32)22-25(2,3)19(30)10-12-27(22,5)18-9-11-26(4)16(7-8-17(26)28(18,23)6)15-13-20(31)35-24(15)33/h8,10,12-13,16,18,21-24,32-33H,7,9,11H2,1-6H3. The third kappa shape index (κ3) is 3.00. The topological polar surface area (TPSA) is 110 Å². The molecule has 2 N–H and O–H groups in total.